The largest absolute Gasteiger partial charge is 0.350 e. The number of nitrogens with zero attached hydrogens (tertiary/aromatic N) is 2. The molecule has 17 heavy (non-hydrogen) atoms. The third kappa shape index (κ3) is 3.08. The van der Waals surface area contributed by atoms with Gasteiger partial charge in [0.15, 0.2) is 0 Å². The molecule has 1 heterocycles. The van der Waals surface area contributed by atoms with Crippen molar-refractivity contribution in [1.82, 2.24) is 15.1 Å². The summed E-state index contributed by atoms with van der Waals surface area (Å²) in [5, 5.41) is 7.01. The van der Waals surface area contributed by atoms with E-state index < -0.39 is 0 Å². The molecule has 0 radical (unpaired) electrons. The number of hydrogen-bond acceptors (Lipinski definition) is 2. The van der Waals surface area contributed by atoms with Crippen molar-refractivity contribution in [2.45, 2.75) is 32.6 Å². The van der Waals surface area contributed by atoms with Crippen molar-refractivity contribution < 1.29 is 4.79 Å². The Bertz CT molecular complexity index is 378. The van der Waals surface area contributed by atoms with Crippen LogP contribution >= 0.6 is 0 Å². The molecule has 1 aromatic rings. The van der Waals surface area contributed by atoms with E-state index in [0.717, 1.165) is 12.5 Å². The molecule has 0 atom stereocenters. The van der Waals surface area contributed by atoms with Crippen molar-refractivity contribution in [3.63, 3.8) is 0 Å². The minimum absolute atomic E-state index is 0.0105. The van der Waals surface area contributed by atoms with Crippen molar-refractivity contribution >= 4 is 5.91 Å². The highest BCUT2D eigenvalue weighted by Gasteiger charge is 2.19. The first-order chi connectivity index (χ1) is 8.16. The fraction of sp³-hybridized carbons (Fsp3) is 0.692. The molecular formula is C13H21N3O. The molecule has 0 spiro atoms. The first kappa shape index (κ1) is 12.1. The van der Waals surface area contributed by atoms with E-state index in [0.29, 0.717) is 11.6 Å². The van der Waals surface area contributed by atoms with E-state index >= 15 is 0 Å². The molecule has 1 aromatic heterocycles. The fourth-order valence-corrected chi connectivity index (χ4v) is 2.46. The van der Waals surface area contributed by atoms with Crippen LogP contribution in [0.3, 0.4) is 0 Å². The Morgan fingerprint density at radius 1 is 1.47 bits per heavy atom. The zero-order chi connectivity index (χ0) is 12.3. The lowest BCUT2D eigenvalue weighted by molar-refractivity contribution is 0.0932. The molecule has 0 unspecified atom stereocenters. The Kier molecular flexibility index (Phi) is 3.82. The fourth-order valence-electron chi connectivity index (χ4n) is 2.46. The minimum Gasteiger partial charge on any atom is -0.350 e. The van der Waals surface area contributed by atoms with Gasteiger partial charge in [-0.25, -0.2) is 0 Å². The van der Waals surface area contributed by atoms with E-state index in [1.807, 2.05) is 0 Å². The van der Waals surface area contributed by atoms with Crippen LogP contribution in [-0.2, 0) is 7.05 Å². The van der Waals surface area contributed by atoms with Gasteiger partial charge in [0.05, 0.1) is 0 Å². The zero-order valence-corrected chi connectivity index (χ0v) is 10.6. The molecule has 1 amide bonds. The number of carbonyl (C=O) groups excluding carboxylic acids is 1. The molecule has 0 aromatic carbocycles. The van der Waals surface area contributed by atoms with Gasteiger partial charge in [-0.2, -0.15) is 5.10 Å². The number of carbonyl (C=O) groups is 1. The van der Waals surface area contributed by atoms with Crippen LogP contribution in [0.5, 0.6) is 0 Å². The maximum absolute atomic E-state index is 11.9. The smallest absolute Gasteiger partial charge is 0.269 e. The van der Waals surface area contributed by atoms with Gasteiger partial charge in [-0.1, -0.05) is 19.8 Å². The zero-order valence-electron chi connectivity index (χ0n) is 10.6. The monoisotopic (exact) mass is 235 g/mol. The summed E-state index contributed by atoms with van der Waals surface area (Å²) in [6.07, 6.45) is 6.73. The molecule has 1 saturated carbocycles. The summed E-state index contributed by atoms with van der Waals surface area (Å²) < 4.78 is 1.61. The second-order valence-electron chi connectivity index (χ2n) is 5.18. The number of hydrogen-bond donors (Lipinski definition) is 1. The normalized spacial score (nSPS) is 24.6. The van der Waals surface area contributed by atoms with Crippen LogP contribution in [0.15, 0.2) is 12.3 Å². The van der Waals surface area contributed by atoms with Crippen molar-refractivity contribution in [3.8, 4) is 0 Å². The Labute approximate surface area is 102 Å². The van der Waals surface area contributed by atoms with Crippen molar-refractivity contribution in [3.05, 3.63) is 18.0 Å². The van der Waals surface area contributed by atoms with E-state index in [4.69, 9.17) is 0 Å². The second kappa shape index (κ2) is 5.34. The van der Waals surface area contributed by atoms with Gasteiger partial charge in [0.1, 0.15) is 5.69 Å². The highest BCUT2D eigenvalue weighted by atomic mass is 16.2. The van der Waals surface area contributed by atoms with Gasteiger partial charge >= 0.3 is 0 Å². The summed E-state index contributed by atoms with van der Waals surface area (Å²) in [7, 11) is 1.79. The highest BCUT2D eigenvalue weighted by molar-refractivity contribution is 5.92. The predicted octanol–water partition coefficient (Wildman–Crippen LogP) is 1.98. The molecule has 1 fully saturated rings. The number of aromatic nitrogens is 2. The van der Waals surface area contributed by atoms with Crippen LogP contribution in [0.1, 0.15) is 43.1 Å². The van der Waals surface area contributed by atoms with Gasteiger partial charge in [-0.15, -0.1) is 0 Å². The van der Waals surface area contributed by atoms with Crippen LogP contribution in [0.2, 0.25) is 0 Å². The van der Waals surface area contributed by atoms with E-state index in [1.54, 1.807) is 24.0 Å². The molecule has 94 valence electrons. The Morgan fingerprint density at radius 3 is 2.76 bits per heavy atom. The maximum atomic E-state index is 11.9. The van der Waals surface area contributed by atoms with Crippen LogP contribution in [-0.4, -0.2) is 22.2 Å². The maximum Gasteiger partial charge on any atom is 0.269 e. The van der Waals surface area contributed by atoms with Gasteiger partial charge in [0.25, 0.3) is 5.91 Å². The van der Waals surface area contributed by atoms with Crippen LogP contribution < -0.4 is 5.32 Å². The molecule has 1 aliphatic carbocycles. The van der Waals surface area contributed by atoms with Crippen LogP contribution in [0.25, 0.3) is 0 Å². The number of amides is 1. The minimum atomic E-state index is -0.0105. The Hall–Kier alpha value is -1.32. The molecule has 1 aliphatic rings. The third-order valence-electron chi connectivity index (χ3n) is 3.74. The Balaban J connectivity index is 1.79. The Morgan fingerprint density at radius 2 is 2.18 bits per heavy atom. The van der Waals surface area contributed by atoms with E-state index in [2.05, 4.69) is 17.3 Å². The summed E-state index contributed by atoms with van der Waals surface area (Å²) in [6, 6.07) is 1.75. The van der Waals surface area contributed by atoms with Crippen molar-refractivity contribution in [1.29, 1.82) is 0 Å². The molecule has 0 saturated heterocycles. The second-order valence-corrected chi connectivity index (χ2v) is 5.18. The third-order valence-corrected chi connectivity index (χ3v) is 3.74. The molecule has 0 bridgehead atoms. The molecule has 2 rings (SSSR count). The number of nitrogens with one attached hydrogen (secondary N) is 1. The van der Waals surface area contributed by atoms with Crippen LogP contribution in [0, 0.1) is 11.8 Å². The van der Waals surface area contributed by atoms with Gasteiger partial charge in [0.2, 0.25) is 0 Å². The van der Waals surface area contributed by atoms with Gasteiger partial charge in [0, 0.05) is 19.8 Å². The lowest BCUT2D eigenvalue weighted by Gasteiger charge is -2.26. The average Bonchev–Trinajstić information content (AvgIpc) is 2.74. The van der Waals surface area contributed by atoms with E-state index in [1.165, 1.54) is 25.7 Å². The van der Waals surface area contributed by atoms with Crippen molar-refractivity contribution in [2.75, 3.05) is 6.54 Å². The van der Waals surface area contributed by atoms with Gasteiger partial charge < -0.3 is 5.32 Å². The predicted molar refractivity (Wildman–Crippen MR) is 66.7 cm³/mol. The summed E-state index contributed by atoms with van der Waals surface area (Å²) in [4.78, 5) is 11.9. The highest BCUT2D eigenvalue weighted by Crippen LogP contribution is 2.27. The summed E-state index contributed by atoms with van der Waals surface area (Å²) in [5.41, 5.74) is 0.633. The number of aryl methyl sites for hydroxylation is 1. The molecule has 4 nitrogen and oxygen atoms in total. The average molecular weight is 235 g/mol. The first-order valence-corrected chi connectivity index (χ1v) is 6.43. The summed E-state index contributed by atoms with van der Waals surface area (Å²) in [6.45, 7) is 3.11. The first-order valence-electron chi connectivity index (χ1n) is 6.43. The van der Waals surface area contributed by atoms with Crippen molar-refractivity contribution in [2.24, 2.45) is 18.9 Å². The SMILES string of the molecule is CC1CCC(CNC(=O)c2ccnn2C)CC1. The van der Waals surface area contributed by atoms with Gasteiger partial charge in [-0.05, 0) is 30.7 Å². The quantitative estimate of drug-likeness (QED) is 0.870. The van der Waals surface area contributed by atoms with Gasteiger partial charge in [-0.3, -0.25) is 9.48 Å². The van der Waals surface area contributed by atoms with E-state index in [-0.39, 0.29) is 5.91 Å². The summed E-state index contributed by atoms with van der Waals surface area (Å²) in [5.74, 6) is 1.51. The van der Waals surface area contributed by atoms with Crippen LogP contribution in [0.4, 0.5) is 0 Å². The standard InChI is InChI=1S/C13H21N3O/c1-10-3-5-11(6-4-10)9-14-13(17)12-7-8-15-16(12)2/h7-8,10-11H,3-6,9H2,1-2H3,(H,14,17). The molecule has 4 heteroatoms. The molecule has 1 N–H and O–H groups in total. The number of rotatable bonds is 3. The lowest BCUT2D eigenvalue weighted by Crippen LogP contribution is -2.32. The lowest BCUT2D eigenvalue weighted by atomic mass is 9.83. The topological polar surface area (TPSA) is 46.9 Å². The molecule has 0 aliphatic heterocycles. The summed E-state index contributed by atoms with van der Waals surface area (Å²) >= 11 is 0. The molecular weight excluding hydrogens is 214 g/mol. The van der Waals surface area contributed by atoms with E-state index in [9.17, 15) is 4.79 Å².